The monoisotopic (exact) mass is 322 g/mol. The molecule has 3 rings (SSSR count). The average Bonchev–Trinajstić information content (AvgIpc) is 3.00. The third kappa shape index (κ3) is 3.24. The lowest BCUT2D eigenvalue weighted by Crippen LogP contribution is -2.30. The van der Waals surface area contributed by atoms with Crippen LogP contribution < -0.4 is 4.74 Å². The molecule has 0 unspecified atom stereocenters. The van der Waals surface area contributed by atoms with Gasteiger partial charge in [-0.05, 0) is 12.5 Å². The van der Waals surface area contributed by atoms with Crippen molar-refractivity contribution >= 4 is 16.8 Å². The Morgan fingerprint density at radius 2 is 2.17 bits per heavy atom. The van der Waals surface area contributed by atoms with Crippen molar-refractivity contribution < 1.29 is 23.0 Å². The van der Waals surface area contributed by atoms with Gasteiger partial charge in [-0.3, -0.25) is 4.79 Å². The van der Waals surface area contributed by atoms with Crippen molar-refractivity contribution in [1.29, 1.82) is 0 Å². The molecule has 0 saturated carbocycles. The summed E-state index contributed by atoms with van der Waals surface area (Å²) in [6, 6.07) is 8.82. The Bertz CT molecular complexity index is 724. The van der Waals surface area contributed by atoms with E-state index >= 15 is 0 Å². The Kier molecular flexibility index (Phi) is 4.38. The Hall–Kier alpha value is -2.28. The molecule has 7 heteroatoms. The first-order valence-electron chi connectivity index (χ1n) is 7.25. The van der Waals surface area contributed by atoms with E-state index in [1.165, 1.54) is 12.0 Å². The summed E-state index contributed by atoms with van der Waals surface area (Å²) in [6.45, 7) is -2.28. The summed E-state index contributed by atoms with van der Waals surface area (Å²) < 4.78 is 34.2. The summed E-state index contributed by atoms with van der Waals surface area (Å²) in [6.07, 6.45) is -0.232. The Morgan fingerprint density at radius 3 is 2.91 bits per heavy atom. The van der Waals surface area contributed by atoms with Crippen LogP contribution >= 0.6 is 0 Å². The minimum absolute atomic E-state index is 0.155. The van der Waals surface area contributed by atoms with Gasteiger partial charge in [0.15, 0.2) is 0 Å². The molecule has 0 aliphatic carbocycles. The smallest absolute Gasteiger partial charge is 0.345 e. The summed E-state index contributed by atoms with van der Waals surface area (Å²) in [5.74, 6) is 0.105. The summed E-state index contributed by atoms with van der Waals surface area (Å²) in [5, 5.41) is 0.705. The van der Waals surface area contributed by atoms with E-state index in [9.17, 15) is 13.6 Å². The fourth-order valence-corrected chi connectivity index (χ4v) is 2.77. The van der Waals surface area contributed by atoms with E-state index in [0.717, 1.165) is 0 Å². The molecule has 1 amide bonds. The molecule has 0 bridgehead atoms. The normalized spacial score (nSPS) is 17.9. The van der Waals surface area contributed by atoms with Crippen LogP contribution in [0.2, 0.25) is 0 Å². The Labute approximate surface area is 131 Å². The number of benzene rings is 1. The maximum absolute atomic E-state index is 12.8. The van der Waals surface area contributed by atoms with Gasteiger partial charge in [-0.15, -0.1) is 0 Å². The largest absolute Gasteiger partial charge is 0.481 e. The number of alkyl halides is 2. The number of likely N-dealkylation sites (tertiary alicyclic amines) is 1. The number of rotatable bonds is 4. The van der Waals surface area contributed by atoms with E-state index in [1.54, 1.807) is 18.2 Å². The van der Waals surface area contributed by atoms with Crippen LogP contribution in [0.3, 0.4) is 0 Å². The van der Waals surface area contributed by atoms with Gasteiger partial charge in [-0.1, -0.05) is 18.2 Å². The van der Waals surface area contributed by atoms with E-state index in [1.807, 2.05) is 12.1 Å². The van der Waals surface area contributed by atoms with E-state index in [2.05, 4.69) is 9.72 Å². The van der Waals surface area contributed by atoms with Crippen LogP contribution in [0, 0.1) is 0 Å². The first-order valence-corrected chi connectivity index (χ1v) is 7.25. The zero-order valence-corrected chi connectivity index (χ0v) is 12.5. The standard InChI is InChI=1S/C16H16F2N2O3/c1-22-14-8-12(11-4-2-3-5-13(11)19-14)15(21)20-7-6-10(9-20)23-16(17)18/h2-5,8,10,16H,6-7,9H2,1H3/t10-/m0/s1. The fraction of sp³-hybridized carbons (Fsp3) is 0.375. The number of aromatic nitrogens is 1. The van der Waals surface area contributed by atoms with Crippen molar-refractivity contribution in [3.63, 3.8) is 0 Å². The second-order valence-electron chi connectivity index (χ2n) is 5.29. The Balaban J connectivity index is 1.89. The number of methoxy groups -OCH3 is 1. The number of para-hydroxylation sites is 1. The lowest BCUT2D eigenvalue weighted by molar-refractivity contribution is -0.158. The zero-order chi connectivity index (χ0) is 16.4. The lowest BCUT2D eigenvalue weighted by Gasteiger charge is -2.18. The maximum atomic E-state index is 12.8. The molecule has 2 aromatic rings. The predicted molar refractivity (Wildman–Crippen MR) is 79.7 cm³/mol. The van der Waals surface area contributed by atoms with Gasteiger partial charge in [0.1, 0.15) is 0 Å². The van der Waals surface area contributed by atoms with Gasteiger partial charge in [0, 0.05) is 24.5 Å². The number of amides is 1. The van der Waals surface area contributed by atoms with Crippen molar-refractivity contribution in [3.05, 3.63) is 35.9 Å². The van der Waals surface area contributed by atoms with Crippen molar-refractivity contribution in [1.82, 2.24) is 9.88 Å². The molecule has 0 spiro atoms. The molecule has 1 aromatic carbocycles. The molecule has 1 aromatic heterocycles. The average molecular weight is 322 g/mol. The van der Waals surface area contributed by atoms with E-state index in [-0.39, 0.29) is 12.5 Å². The molecule has 5 nitrogen and oxygen atoms in total. The van der Waals surface area contributed by atoms with Crippen LogP contribution in [0.4, 0.5) is 8.78 Å². The number of carbonyl (C=O) groups is 1. The summed E-state index contributed by atoms with van der Waals surface area (Å²) >= 11 is 0. The lowest BCUT2D eigenvalue weighted by atomic mass is 10.1. The van der Waals surface area contributed by atoms with Gasteiger partial charge in [0.2, 0.25) is 5.88 Å². The number of fused-ring (bicyclic) bond motifs is 1. The van der Waals surface area contributed by atoms with Crippen LogP contribution in [-0.4, -0.2) is 48.7 Å². The number of ether oxygens (including phenoxy) is 2. The number of hydrogen-bond acceptors (Lipinski definition) is 4. The molecule has 23 heavy (non-hydrogen) atoms. The highest BCUT2D eigenvalue weighted by Crippen LogP contribution is 2.25. The molecule has 1 atom stereocenters. The molecule has 1 fully saturated rings. The Morgan fingerprint density at radius 1 is 1.39 bits per heavy atom. The molecule has 2 heterocycles. The molecule has 1 aliphatic rings. The van der Waals surface area contributed by atoms with Crippen LogP contribution in [0.5, 0.6) is 5.88 Å². The number of halogens is 2. The minimum atomic E-state index is -2.82. The van der Waals surface area contributed by atoms with Gasteiger partial charge in [0.05, 0.1) is 24.3 Å². The van der Waals surface area contributed by atoms with Crippen LogP contribution in [0.15, 0.2) is 30.3 Å². The van der Waals surface area contributed by atoms with Gasteiger partial charge in [-0.2, -0.15) is 8.78 Å². The third-order valence-corrected chi connectivity index (χ3v) is 3.86. The molecular formula is C16H16F2N2O3. The summed E-state index contributed by atoms with van der Waals surface area (Å²) in [7, 11) is 1.48. The quantitative estimate of drug-likeness (QED) is 0.868. The van der Waals surface area contributed by atoms with E-state index in [0.29, 0.717) is 35.3 Å². The first-order chi connectivity index (χ1) is 11.1. The molecular weight excluding hydrogens is 306 g/mol. The fourth-order valence-electron chi connectivity index (χ4n) is 2.77. The SMILES string of the molecule is COc1cc(C(=O)N2CC[C@H](OC(F)F)C2)c2ccccc2n1. The van der Waals surface area contributed by atoms with Crippen LogP contribution in [0.25, 0.3) is 10.9 Å². The van der Waals surface area contributed by atoms with E-state index in [4.69, 9.17) is 4.74 Å². The highest BCUT2D eigenvalue weighted by Gasteiger charge is 2.30. The minimum Gasteiger partial charge on any atom is -0.481 e. The molecule has 1 saturated heterocycles. The molecule has 1 aliphatic heterocycles. The summed E-state index contributed by atoms with van der Waals surface area (Å²) in [4.78, 5) is 18.6. The van der Waals surface area contributed by atoms with Crippen molar-refractivity contribution in [3.8, 4) is 5.88 Å². The van der Waals surface area contributed by atoms with Crippen molar-refractivity contribution in [2.45, 2.75) is 19.1 Å². The van der Waals surface area contributed by atoms with Crippen LogP contribution in [0.1, 0.15) is 16.8 Å². The van der Waals surface area contributed by atoms with Gasteiger partial charge in [0.25, 0.3) is 5.91 Å². The first kappa shape index (κ1) is 15.6. The zero-order valence-electron chi connectivity index (χ0n) is 12.5. The van der Waals surface area contributed by atoms with Crippen molar-refractivity contribution in [2.75, 3.05) is 20.2 Å². The highest BCUT2D eigenvalue weighted by atomic mass is 19.3. The van der Waals surface area contributed by atoms with Gasteiger partial charge < -0.3 is 14.4 Å². The maximum Gasteiger partial charge on any atom is 0.345 e. The second kappa shape index (κ2) is 6.45. The number of pyridine rings is 1. The van der Waals surface area contributed by atoms with Gasteiger partial charge >= 0.3 is 6.61 Å². The molecule has 0 radical (unpaired) electrons. The second-order valence-corrected chi connectivity index (χ2v) is 5.29. The number of nitrogens with zero attached hydrogens (tertiary/aromatic N) is 2. The van der Waals surface area contributed by atoms with Gasteiger partial charge in [-0.25, -0.2) is 4.98 Å². The topological polar surface area (TPSA) is 51.7 Å². The molecule has 122 valence electrons. The number of carbonyl (C=O) groups excluding carboxylic acids is 1. The molecule has 0 N–H and O–H groups in total. The highest BCUT2D eigenvalue weighted by molar-refractivity contribution is 6.06. The van der Waals surface area contributed by atoms with Crippen LogP contribution in [-0.2, 0) is 4.74 Å². The summed E-state index contributed by atoms with van der Waals surface area (Å²) in [5.41, 5.74) is 1.10. The third-order valence-electron chi connectivity index (χ3n) is 3.86. The van der Waals surface area contributed by atoms with Crippen molar-refractivity contribution in [2.24, 2.45) is 0 Å². The number of hydrogen-bond donors (Lipinski definition) is 0. The van der Waals surface area contributed by atoms with E-state index < -0.39 is 12.7 Å². The predicted octanol–water partition coefficient (Wildman–Crippen LogP) is 2.70.